The highest BCUT2D eigenvalue weighted by Crippen LogP contribution is 2.35. The maximum Gasteiger partial charge on any atom is 0.200 e. The maximum atomic E-state index is 9.87. The van der Waals surface area contributed by atoms with Crippen LogP contribution in [-0.4, -0.2) is 25.1 Å². The van der Waals surface area contributed by atoms with Crippen LogP contribution in [0, 0.1) is 6.92 Å². The molecule has 0 bridgehead atoms. The number of rotatable bonds is 3. The van der Waals surface area contributed by atoms with Crippen molar-refractivity contribution in [2.45, 2.75) is 32.5 Å². The van der Waals surface area contributed by atoms with Crippen LogP contribution < -0.4 is 9.47 Å². The Morgan fingerprint density at radius 2 is 2.18 bits per heavy atom. The molecule has 17 heavy (non-hydrogen) atoms. The molecule has 1 N–H and O–H groups in total. The number of benzene rings is 1. The molecule has 1 aromatic carbocycles. The molecule has 1 unspecified atom stereocenters. The predicted molar refractivity (Wildman–Crippen MR) is 63.6 cm³/mol. The largest absolute Gasteiger partial charge is 0.504 e. The molecule has 0 radical (unpaired) electrons. The van der Waals surface area contributed by atoms with Gasteiger partial charge in [0, 0.05) is 12.5 Å². The molecule has 0 aromatic heterocycles. The van der Waals surface area contributed by atoms with Crippen LogP contribution in [-0.2, 0) is 4.74 Å². The first-order valence-corrected chi connectivity index (χ1v) is 5.86. The van der Waals surface area contributed by atoms with Crippen LogP contribution in [0.4, 0.5) is 0 Å². The van der Waals surface area contributed by atoms with Crippen LogP contribution in [0.5, 0.6) is 17.2 Å². The summed E-state index contributed by atoms with van der Waals surface area (Å²) >= 11 is 0. The molecule has 0 aliphatic carbocycles. The average molecular weight is 238 g/mol. The standard InChI is InChI=1S/C13H18O4/c1-9-7-10(15-2)8-11(14)13(9)17-12-5-3-4-6-16-12/h7-8,12,14H,3-6H2,1-2H3. The van der Waals surface area contributed by atoms with Gasteiger partial charge in [0.15, 0.2) is 17.8 Å². The highest BCUT2D eigenvalue weighted by molar-refractivity contribution is 5.50. The Kier molecular flexibility index (Phi) is 3.74. The summed E-state index contributed by atoms with van der Waals surface area (Å²) in [5.74, 6) is 1.20. The minimum atomic E-state index is -0.248. The van der Waals surface area contributed by atoms with E-state index in [1.165, 1.54) is 0 Å². The van der Waals surface area contributed by atoms with Crippen LogP contribution in [0.2, 0.25) is 0 Å². The molecule has 0 saturated carbocycles. The van der Waals surface area contributed by atoms with Gasteiger partial charge >= 0.3 is 0 Å². The number of methoxy groups -OCH3 is 1. The van der Waals surface area contributed by atoms with Gasteiger partial charge in [-0.1, -0.05) is 0 Å². The van der Waals surface area contributed by atoms with Crippen molar-refractivity contribution in [2.24, 2.45) is 0 Å². The topological polar surface area (TPSA) is 47.9 Å². The predicted octanol–water partition coefficient (Wildman–Crippen LogP) is 2.61. The minimum absolute atomic E-state index is 0.0935. The molecule has 0 spiro atoms. The van der Waals surface area contributed by atoms with Crippen LogP contribution in [0.1, 0.15) is 24.8 Å². The molecular weight excluding hydrogens is 220 g/mol. The third kappa shape index (κ3) is 2.82. The summed E-state index contributed by atoms with van der Waals surface area (Å²) in [5, 5.41) is 9.87. The van der Waals surface area contributed by atoms with Crippen molar-refractivity contribution in [3.05, 3.63) is 17.7 Å². The summed E-state index contributed by atoms with van der Waals surface area (Å²) in [6.45, 7) is 2.60. The van der Waals surface area contributed by atoms with Gasteiger partial charge < -0.3 is 19.3 Å². The normalized spacial score (nSPS) is 20.0. The molecule has 1 aromatic rings. The molecule has 1 atom stereocenters. The summed E-state index contributed by atoms with van der Waals surface area (Å²) in [6, 6.07) is 3.38. The SMILES string of the molecule is COc1cc(C)c(OC2CCCCO2)c(O)c1. The van der Waals surface area contributed by atoms with E-state index in [0.717, 1.165) is 31.4 Å². The Morgan fingerprint density at radius 1 is 1.35 bits per heavy atom. The number of phenolic OH excluding ortho intramolecular Hbond substituents is 1. The molecule has 1 fully saturated rings. The number of aryl methyl sites for hydroxylation is 1. The summed E-state index contributed by atoms with van der Waals surface area (Å²) in [7, 11) is 1.57. The second-order valence-electron chi connectivity index (χ2n) is 4.21. The van der Waals surface area contributed by atoms with Crippen molar-refractivity contribution >= 4 is 0 Å². The van der Waals surface area contributed by atoms with E-state index in [0.29, 0.717) is 11.5 Å². The Hall–Kier alpha value is -1.42. The van der Waals surface area contributed by atoms with Gasteiger partial charge in [-0.2, -0.15) is 0 Å². The fourth-order valence-electron chi connectivity index (χ4n) is 1.93. The molecule has 1 saturated heterocycles. The second-order valence-corrected chi connectivity index (χ2v) is 4.21. The van der Waals surface area contributed by atoms with Crippen molar-refractivity contribution < 1.29 is 19.3 Å². The lowest BCUT2D eigenvalue weighted by molar-refractivity contribution is -0.107. The quantitative estimate of drug-likeness (QED) is 0.879. The molecule has 1 aliphatic rings. The van der Waals surface area contributed by atoms with Crippen molar-refractivity contribution in [3.8, 4) is 17.2 Å². The van der Waals surface area contributed by atoms with Crippen LogP contribution >= 0.6 is 0 Å². The average Bonchev–Trinajstić information content (AvgIpc) is 2.35. The van der Waals surface area contributed by atoms with Gasteiger partial charge in [0.1, 0.15) is 5.75 Å². The van der Waals surface area contributed by atoms with E-state index in [1.807, 2.05) is 13.0 Å². The van der Waals surface area contributed by atoms with Crippen LogP contribution in [0.15, 0.2) is 12.1 Å². The van der Waals surface area contributed by atoms with Gasteiger partial charge in [0.2, 0.25) is 0 Å². The first kappa shape index (κ1) is 12.0. The summed E-state index contributed by atoms with van der Waals surface area (Å²) < 4.78 is 16.2. The molecule has 1 heterocycles. The first-order chi connectivity index (χ1) is 8.20. The van der Waals surface area contributed by atoms with Gasteiger partial charge in [-0.3, -0.25) is 0 Å². The second kappa shape index (κ2) is 5.27. The molecule has 0 amide bonds. The van der Waals surface area contributed by atoms with Crippen molar-refractivity contribution in [1.29, 1.82) is 0 Å². The van der Waals surface area contributed by atoms with E-state index in [9.17, 15) is 5.11 Å². The van der Waals surface area contributed by atoms with Gasteiger partial charge in [-0.05, 0) is 31.4 Å². The van der Waals surface area contributed by atoms with Gasteiger partial charge in [0.25, 0.3) is 0 Å². The van der Waals surface area contributed by atoms with Crippen LogP contribution in [0.25, 0.3) is 0 Å². The third-order valence-corrected chi connectivity index (χ3v) is 2.85. The van der Waals surface area contributed by atoms with E-state index in [-0.39, 0.29) is 12.0 Å². The zero-order valence-electron chi connectivity index (χ0n) is 10.2. The Bertz CT molecular complexity index is 360. The lowest BCUT2D eigenvalue weighted by Crippen LogP contribution is -2.25. The lowest BCUT2D eigenvalue weighted by Gasteiger charge is -2.24. The highest BCUT2D eigenvalue weighted by atomic mass is 16.7. The fourth-order valence-corrected chi connectivity index (χ4v) is 1.93. The zero-order chi connectivity index (χ0) is 12.3. The van der Waals surface area contributed by atoms with E-state index in [2.05, 4.69) is 0 Å². The van der Waals surface area contributed by atoms with Crippen molar-refractivity contribution in [3.63, 3.8) is 0 Å². The van der Waals surface area contributed by atoms with E-state index < -0.39 is 0 Å². The Labute approximate surface area is 101 Å². The molecule has 2 rings (SSSR count). The summed E-state index contributed by atoms with van der Waals surface area (Å²) in [6.07, 6.45) is 2.79. The maximum absolute atomic E-state index is 9.87. The molecular formula is C13H18O4. The zero-order valence-corrected chi connectivity index (χ0v) is 10.2. The van der Waals surface area contributed by atoms with Gasteiger partial charge in [-0.15, -0.1) is 0 Å². The monoisotopic (exact) mass is 238 g/mol. The fraction of sp³-hybridized carbons (Fsp3) is 0.538. The summed E-state index contributed by atoms with van der Waals surface area (Å²) in [4.78, 5) is 0. The van der Waals surface area contributed by atoms with Crippen molar-refractivity contribution in [2.75, 3.05) is 13.7 Å². The number of hydrogen-bond acceptors (Lipinski definition) is 4. The molecule has 94 valence electrons. The highest BCUT2D eigenvalue weighted by Gasteiger charge is 2.18. The lowest BCUT2D eigenvalue weighted by atomic mass is 10.2. The van der Waals surface area contributed by atoms with Gasteiger partial charge in [0.05, 0.1) is 13.7 Å². The number of phenols is 1. The smallest absolute Gasteiger partial charge is 0.200 e. The van der Waals surface area contributed by atoms with Gasteiger partial charge in [-0.25, -0.2) is 0 Å². The molecule has 1 aliphatic heterocycles. The van der Waals surface area contributed by atoms with E-state index in [4.69, 9.17) is 14.2 Å². The minimum Gasteiger partial charge on any atom is -0.504 e. The number of ether oxygens (including phenoxy) is 3. The third-order valence-electron chi connectivity index (χ3n) is 2.85. The van der Waals surface area contributed by atoms with E-state index in [1.54, 1.807) is 13.2 Å². The van der Waals surface area contributed by atoms with E-state index >= 15 is 0 Å². The summed E-state index contributed by atoms with van der Waals surface area (Å²) in [5.41, 5.74) is 0.844. The Balaban J connectivity index is 2.14. The molecule has 4 heteroatoms. The molecule has 4 nitrogen and oxygen atoms in total. The van der Waals surface area contributed by atoms with Crippen molar-refractivity contribution in [1.82, 2.24) is 0 Å². The number of aromatic hydroxyl groups is 1. The van der Waals surface area contributed by atoms with Crippen LogP contribution in [0.3, 0.4) is 0 Å². The Morgan fingerprint density at radius 3 is 2.76 bits per heavy atom. The first-order valence-electron chi connectivity index (χ1n) is 5.86. The number of hydrogen-bond donors (Lipinski definition) is 1.